The average molecular weight is 662 g/mol. The summed E-state index contributed by atoms with van der Waals surface area (Å²) in [6.45, 7) is 9.48. The van der Waals surface area contributed by atoms with Gasteiger partial charge in [0.25, 0.3) is 0 Å². The fourth-order valence-electron chi connectivity index (χ4n) is 6.89. The SMILES string of the molecule is Cn1c(=O)n(-c2ccc(OCc3ccccc3)nc2OCc2ccccc2)c2ccc(N3CCCC4(CN(C(=O)OC(C)(C)C)C4)C3)cc21. The number of piperidine rings is 1. The maximum atomic E-state index is 13.9. The van der Waals surface area contributed by atoms with Crippen LogP contribution in [0.15, 0.2) is 95.8 Å². The number of carbonyl (C=O) groups excluding carboxylic acids is 1. The minimum absolute atomic E-state index is 0.0446. The number of carbonyl (C=O) groups is 1. The third kappa shape index (κ3) is 6.86. The maximum Gasteiger partial charge on any atom is 0.410 e. The van der Waals surface area contributed by atoms with Crippen molar-refractivity contribution < 1.29 is 19.0 Å². The topological polar surface area (TPSA) is 91.1 Å². The normalized spacial score (nSPS) is 15.7. The second-order valence-electron chi connectivity index (χ2n) is 14.2. The van der Waals surface area contributed by atoms with Crippen LogP contribution >= 0.6 is 0 Å². The zero-order valence-corrected chi connectivity index (χ0v) is 28.6. The summed E-state index contributed by atoms with van der Waals surface area (Å²) < 4.78 is 21.3. The lowest BCUT2D eigenvalue weighted by Crippen LogP contribution is -2.64. The number of anilines is 1. The molecular formula is C39H43N5O5. The number of benzene rings is 3. The molecule has 2 aliphatic heterocycles. The lowest BCUT2D eigenvalue weighted by Gasteiger charge is -2.54. The van der Waals surface area contributed by atoms with E-state index in [1.165, 1.54) is 0 Å². The third-order valence-electron chi connectivity index (χ3n) is 9.27. The second-order valence-corrected chi connectivity index (χ2v) is 14.2. The Balaban J connectivity index is 1.16. The minimum atomic E-state index is -0.511. The van der Waals surface area contributed by atoms with Crippen LogP contribution in [0.1, 0.15) is 44.7 Å². The van der Waals surface area contributed by atoms with Crippen LogP contribution in [0.25, 0.3) is 16.7 Å². The number of hydrogen-bond acceptors (Lipinski definition) is 7. The number of rotatable bonds is 8. The summed E-state index contributed by atoms with van der Waals surface area (Å²) in [6.07, 6.45) is 1.86. The van der Waals surface area contributed by atoms with Gasteiger partial charge in [-0.1, -0.05) is 60.7 Å². The fourth-order valence-corrected chi connectivity index (χ4v) is 6.89. The van der Waals surface area contributed by atoms with Gasteiger partial charge in [0.2, 0.25) is 11.8 Å². The molecule has 0 N–H and O–H groups in total. The van der Waals surface area contributed by atoms with Gasteiger partial charge < -0.3 is 24.0 Å². The molecule has 1 amide bonds. The van der Waals surface area contributed by atoms with Crippen molar-refractivity contribution in [1.82, 2.24) is 19.0 Å². The Hall–Kier alpha value is -5.25. The summed E-state index contributed by atoms with van der Waals surface area (Å²) in [5.74, 6) is 0.720. The number of aryl methyl sites for hydroxylation is 1. The number of ether oxygens (including phenoxy) is 3. The van der Waals surface area contributed by atoms with Crippen molar-refractivity contribution in [3.63, 3.8) is 0 Å². The summed E-state index contributed by atoms with van der Waals surface area (Å²) in [5.41, 5.74) is 4.51. The van der Waals surface area contributed by atoms with Crippen molar-refractivity contribution >= 4 is 22.8 Å². The highest BCUT2D eigenvalue weighted by atomic mass is 16.6. The lowest BCUT2D eigenvalue weighted by atomic mass is 9.73. The van der Waals surface area contributed by atoms with Gasteiger partial charge in [-0.25, -0.2) is 9.59 Å². The van der Waals surface area contributed by atoms with Gasteiger partial charge >= 0.3 is 11.8 Å². The van der Waals surface area contributed by atoms with Crippen molar-refractivity contribution in [2.75, 3.05) is 31.1 Å². The first-order valence-corrected chi connectivity index (χ1v) is 16.9. The number of amides is 1. The molecule has 10 heteroatoms. The van der Waals surface area contributed by atoms with E-state index in [1.54, 1.807) is 22.2 Å². The number of imidazole rings is 1. The van der Waals surface area contributed by atoms with Crippen LogP contribution < -0.4 is 20.1 Å². The van der Waals surface area contributed by atoms with Crippen molar-refractivity contribution in [1.29, 1.82) is 0 Å². The quantitative estimate of drug-likeness (QED) is 0.182. The van der Waals surface area contributed by atoms with Crippen LogP contribution in [0.2, 0.25) is 0 Å². The summed E-state index contributed by atoms with van der Waals surface area (Å²) in [5, 5.41) is 0. The number of pyridine rings is 1. The molecule has 2 aromatic heterocycles. The van der Waals surface area contributed by atoms with E-state index in [9.17, 15) is 9.59 Å². The molecule has 7 rings (SSSR count). The van der Waals surface area contributed by atoms with Gasteiger partial charge in [0.15, 0.2) is 0 Å². The van der Waals surface area contributed by atoms with E-state index in [4.69, 9.17) is 19.2 Å². The highest BCUT2D eigenvalue weighted by molar-refractivity contribution is 5.82. The highest BCUT2D eigenvalue weighted by Crippen LogP contribution is 2.41. The Morgan fingerprint density at radius 2 is 1.51 bits per heavy atom. The molecule has 49 heavy (non-hydrogen) atoms. The van der Waals surface area contributed by atoms with E-state index < -0.39 is 5.60 Å². The molecule has 254 valence electrons. The number of aromatic nitrogens is 3. The second kappa shape index (κ2) is 13.0. The molecule has 2 fully saturated rings. The molecule has 0 atom stereocenters. The number of fused-ring (bicyclic) bond motifs is 1. The van der Waals surface area contributed by atoms with Gasteiger partial charge in [0.1, 0.15) is 24.5 Å². The number of nitrogens with zero attached hydrogens (tertiary/aromatic N) is 5. The van der Waals surface area contributed by atoms with E-state index in [2.05, 4.69) is 17.0 Å². The molecule has 0 saturated carbocycles. The van der Waals surface area contributed by atoms with Crippen LogP contribution in [0, 0.1) is 5.41 Å². The van der Waals surface area contributed by atoms with Crippen molar-refractivity contribution in [3.05, 3.63) is 113 Å². The Kier molecular flexibility index (Phi) is 8.56. The molecule has 0 bridgehead atoms. The number of hydrogen-bond donors (Lipinski definition) is 0. The predicted octanol–water partition coefficient (Wildman–Crippen LogP) is 6.72. The highest BCUT2D eigenvalue weighted by Gasteiger charge is 2.48. The zero-order chi connectivity index (χ0) is 34.2. The first kappa shape index (κ1) is 32.3. The number of likely N-dealkylation sites (tertiary alicyclic amines) is 1. The maximum absolute atomic E-state index is 13.9. The molecule has 10 nitrogen and oxygen atoms in total. The van der Waals surface area contributed by atoms with E-state index in [-0.39, 0.29) is 23.8 Å². The molecule has 3 aromatic carbocycles. The average Bonchev–Trinajstić information content (AvgIpc) is 3.33. The van der Waals surface area contributed by atoms with E-state index in [0.29, 0.717) is 37.1 Å². The van der Waals surface area contributed by atoms with Crippen LogP contribution in [0.4, 0.5) is 10.5 Å². The van der Waals surface area contributed by atoms with Gasteiger partial charge in [0, 0.05) is 50.4 Å². The standard InChI is InChI=1S/C39H43N5O5/c1-38(2,3)49-37(46)43-26-39(27-43)20-11-21-42(25-39)30-16-17-31-33(22-30)41(4)36(45)44(31)32-18-19-34(47-23-28-12-7-5-8-13-28)40-35(32)48-24-29-14-9-6-10-15-29/h5-10,12-19,22H,11,20-21,23-27H2,1-4H3. The summed E-state index contributed by atoms with van der Waals surface area (Å²) in [6, 6.07) is 29.6. The van der Waals surface area contributed by atoms with Crippen molar-refractivity contribution in [2.45, 2.75) is 52.4 Å². The van der Waals surface area contributed by atoms with Crippen LogP contribution in [0.5, 0.6) is 11.8 Å². The molecule has 0 unspecified atom stereocenters. The zero-order valence-electron chi connectivity index (χ0n) is 28.6. The molecule has 2 saturated heterocycles. The molecule has 1 spiro atoms. The molecule has 0 radical (unpaired) electrons. The smallest absolute Gasteiger partial charge is 0.410 e. The monoisotopic (exact) mass is 661 g/mol. The van der Waals surface area contributed by atoms with Crippen molar-refractivity contribution in [3.8, 4) is 17.4 Å². The van der Waals surface area contributed by atoms with Gasteiger partial charge in [-0.2, -0.15) is 4.98 Å². The van der Waals surface area contributed by atoms with Gasteiger partial charge in [0.05, 0.1) is 11.0 Å². The Labute approximate surface area is 286 Å². The molecule has 4 heterocycles. The summed E-state index contributed by atoms with van der Waals surface area (Å²) in [7, 11) is 1.79. The van der Waals surface area contributed by atoms with Crippen LogP contribution in [-0.2, 0) is 25.0 Å². The summed E-state index contributed by atoms with van der Waals surface area (Å²) >= 11 is 0. The minimum Gasteiger partial charge on any atom is -0.473 e. The van der Waals surface area contributed by atoms with Crippen LogP contribution in [0.3, 0.4) is 0 Å². The largest absolute Gasteiger partial charge is 0.473 e. The lowest BCUT2D eigenvalue weighted by molar-refractivity contribution is -0.0390. The Morgan fingerprint density at radius 3 is 2.18 bits per heavy atom. The van der Waals surface area contributed by atoms with E-state index in [1.807, 2.05) is 98.5 Å². The van der Waals surface area contributed by atoms with Gasteiger partial charge in [-0.15, -0.1) is 0 Å². The first-order valence-electron chi connectivity index (χ1n) is 16.9. The van der Waals surface area contributed by atoms with Crippen molar-refractivity contribution in [2.24, 2.45) is 12.5 Å². The summed E-state index contributed by atoms with van der Waals surface area (Å²) in [4.78, 5) is 35.5. The predicted molar refractivity (Wildman–Crippen MR) is 190 cm³/mol. The Bertz CT molecular complexity index is 2010. The molecule has 5 aromatic rings. The molecular weight excluding hydrogens is 618 g/mol. The molecule has 0 aliphatic carbocycles. The van der Waals surface area contributed by atoms with E-state index >= 15 is 0 Å². The fraction of sp³-hybridized carbons (Fsp3) is 0.359. The first-order chi connectivity index (χ1) is 23.6. The Morgan fingerprint density at radius 1 is 0.837 bits per heavy atom. The van der Waals surface area contributed by atoms with Gasteiger partial charge in [-0.3, -0.25) is 9.13 Å². The third-order valence-corrected chi connectivity index (χ3v) is 9.27. The van der Waals surface area contributed by atoms with Gasteiger partial charge in [-0.05, 0) is 69.0 Å². The molecule has 2 aliphatic rings. The van der Waals surface area contributed by atoms with Crippen LogP contribution in [-0.4, -0.2) is 56.9 Å². The van der Waals surface area contributed by atoms with E-state index in [0.717, 1.165) is 53.8 Å².